The molecule has 1 N–H and O–H groups in total. The highest BCUT2D eigenvalue weighted by atomic mass is 35.5. The summed E-state index contributed by atoms with van der Waals surface area (Å²) in [7, 11) is -2.19. The Bertz CT molecular complexity index is 772. The van der Waals surface area contributed by atoms with Crippen LogP contribution in [0.4, 0.5) is 5.69 Å². The summed E-state index contributed by atoms with van der Waals surface area (Å²) < 4.78 is 32.4. The Morgan fingerprint density at radius 1 is 1.05 bits per heavy atom. The van der Waals surface area contributed by atoms with E-state index in [0.717, 1.165) is 11.1 Å². The van der Waals surface area contributed by atoms with Gasteiger partial charge in [0.25, 0.3) is 10.0 Å². The van der Waals surface area contributed by atoms with Crippen LogP contribution in [0.5, 0.6) is 5.75 Å². The van der Waals surface area contributed by atoms with Gasteiger partial charge in [-0.3, -0.25) is 4.72 Å². The van der Waals surface area contributed by atoms with Crippen molar-refractivity contribution in [2.75, 3.05) is 11.8 Å². The van der Waals surface area contributed by atoms with Crippen molar-refractivity contribution in [2.45, 2.75) is 18.7 Å². The van der Waals surface area contributed by atoms with Crippen LogP contribution in [0.3, 0.4) is 0 Å². The lowest BCUT2D eigenvalue weighted by atomic mass is 10.1. The normalized spacial score (nSPS) is 11.2. The minimum Gasteiger partial charge on any atom is -0.497 e. The molecule has 0 aliphatic rings. The molecule has 6 heteroatoms. The Labute approximate surface area is 129 Å². The molecular formula is C15H16ClNO3S. The van der Waals surface area contributed by atoms with Gasteiger partial charge in [0.05, 0.1) is 22.7 Å². The Hall–Kier alpha value is -1.72. The molecule has 2 rings (SSSR count). The molecule has 0 aliphatic carbocycles. The second-order valence-corrected chi connectivity index (χ2v) is 6.79. The van der Waals surface area contributed by atoms with Gasteiger partial charge < -0.3 is 4.74 Å². The first-order valence-electron chi connectivity index (χ1n) is 6.27. The summed E-state index contributed by atoms with van der Waals surface area (Å²) in [5.41, 5.74) is 2.23. The van der Waals surface area contributed by atoms with Gasteiger partial charge in [-0.25, -0.2) is 8.42 Å². The topological polar surface area (TPSA) is 55.4 Å². The van der Waals surface area contributed by atoms with E-state index in [0.29, 0.717) is 10.8 Å². The second-order valence-electron chi connectivity index (χ2n) is 4.70. The highest BCUT2D eigenvalue weighted by Gasteiger charge is 2.16. The van der Waals surface area contributed by atoms with E-state index >= 15 is 0 Å². The number of anilines is 1. The summed E-state index contributed by atoms with van der Waals surface area (Å²) in [5.74, 6) is 0.525. The lowest BCUT2D eigenvalue weighted by molar-refractivity contribution is 0.415. The SMILES string of the molecule is COc1ccc(Cl)c(NS(=O)(=O)c2ccc(C)c(C)c2)c1. The third kappa shape index (κ3) is 3.49. The summed E-state index contributed by atoms with van der Waals surface area (Å²) in [5, 5.41) is 0.309. The zero-order valence-electron chi connectivity index (χ0n) is 12.0. The fourth-order valence-corrected chi connectivity index (χ4v) is 3.17. The number of hydrogen-bond acceptors (Lipinski definition) is 3. The number of rotatable bonds is 4. The van der Waals surface area contributed by atoms with Crippen molar-refractivity contribution in [3.8, 4) is 5.75 Å². The molecule has 0 saturated heterocycles. The summed E-state index contributed by atoms with van der Waals surface area (Å²) in [6.45, 7) is 3.80. The third-order valence-corrected chi connectivity index (χ3v) is 4.90. The first kappa shape index (κ1) is 15.7. The number of hydrogen-bond donors (Lipinski definition) is 1. The molecule has 0 atom stereocenters. The smallest absolute Gasteiger partial charge is 0.261 e. The highest BCUT2D eigenvalue weighted by Crippen LogP contribution is 2.29. The number of benzene rings is 2. The number of aryl methyl sites for hydroxylation is 2. The molecule has 0 aromatic heterocycles. The van der Waals surface area contributed by atoms with Crippen LogP contribution < -0.4 is 9.46 Å². The Morgan fingerprint density at radius 3 is 2.38 bits per heavy atom. The van der Waals surface area contributed by atoms with E-state index in [1.54, 1.807) is 36.4 Å². The zero-order valence-corrected chi connectivity index (χ0v) is 13.5. The molecule has 2 aromatic rings. The average molecular weight is 326 g/mol. The van der Waals surface area contributed by atoms with Gasteiger partial charge in [0.15, 0.2) is 0 Å². The maximum atomic E-state index is 12.4. The predicted molar refractivity (Wildman–Crippen MR) is 84.7 cm³/mol. The number of nitrogens with one attached hydrogen (secondary N) is 1. The van der Waals surface area contributed by atoms with Crippen molar-refractivity contribution in [1.29, 1.82) is 0 Å². The maximum Gasteiger partial charge on any atom is 0.261 e. The van der Waals surface area contributed by atoms with Crippen LogP contribution in [0.15, 0.2) is 41.3 Å². The van der Waals surface area contributed by atoms with E-state index in [2.05, 4.69) is 4.72 Å². The van der Waals surface area contributed by atoms with E-state index in [1.807, 2.05) is 13.8 Å². The van der Waals surface area contributed by atoms with E-state index < -0.39 is 10.0 Å². The molecule has 21 heavy (non-hydrogen) atoms. The summed E-state index contributed by atoms with van der Waals surface area (Å²) in [6, 6.07) is 9.76. The van der Waals surface area contributed by atoms with Crippen LogP contribution in [0.1, 0.15) is 11.1 Å². The molecule has 0 spiro atoms. The Kier molecular flexibility index (Phi) is 4.44. The van der Waals surface area contributed by atoms with Crippen LogP contribution in [0.25, 0.3) is 0 Å². The minimum absolute atomic E-state index is 0.199. The molecule has 0 amide bonds. The van der Waals surface area contributed by atoms with Crippen molar-refractivity contribution in [3.63, 3.8) is 0 Å². The van der Waals surface area contributed by atoms with Gasteiger partial charge in [-0.1, -0.05) is 17.7 Å². The van der Waals surface area contributed by atoms with Crippen LogP contribution >= 0.6 is 11.6 Å². The predicted octanol–water partition coefficient (Wildman–Crippen LogP) is 3.77. The quantitative estimate of drug-likeness (QED) is 0.931. The molecule has 0 bridgehead atoms. The lowest BCUT2D eigenvalue weighted by Crippen LogP contribution is -2.13. The molecule has 4 nitrogen and oxygen atoms in total. The first-order valence-corrected chi connectivity index (χ1v) is 8.13. The van der Waals surface area contributed by atoms with E-state index in [-0.39, 0.29) is 10.6 Å². The van der Waals surface area contributed by atoms with Crippen molar-refractivity contribution in [3.05, 3.63) is 52.5 Å². The molecule has 0 radical (unpaired) electrons. The summed E-state index contributed by atoms with van der Waals surface area (Å²) in [4.78, 5) is 0.199. The van der Waals surface area contributed by atoms with Crippen molar-refractivity contribution >= 4 is 27.3 Å². The van der Waals surface area contributed by atoms with Gasteiger partial charge in [0, 0.05) is 6.07 Å². The van der Waals surface area contributed by atoms with Crippen molar-refractivity contribution in [1.82, 2.24) is 0 Å². The van der Waals surface area contributed by atoms with Gasteiger partial charge in [0.2, 0.25) is 0 Å². The minimum atomic E-state index is -3.69. The van der Waals surface area contributed by atoms with E-state index in [1.165, 1.54) is 7.11 Å². The average Bonchev–Trinajstić information content (AvgIpc) is 2.44. The van der Waals surface area contributed by atoms with Crippen LogP contribution in [0, 0.1) is 13.8 Å². The van der Waals surface area contributed by atoms with Gasteiger partial charge in [-0.05, 0) is 49.2 Å². The van der Waals surface area contributed by atoms with Crippen LogP contribution in [-0.4, -0.2) is 15.5 Å². The van der Waals surface area contributed by atoms with Crippen LogP contribution in [0.2, 0.25) is 5.02 Å². The third-order valence-electron chi connectivity index (χ3n) is 3.21. The number of sulfonamides is 1. The van der Waals surface area contributed by atoms with Crippen molar-refractivity contribution < 1.29 is 13.2 Å². The number of methoxy groups -OCH3 is 1. The molecule has 0 unspecified atom stereocenters. The largest absolute Gasteiger partial charge is 0.497 e. The van der Waals surface area contributed by atoms with Gasteiger partial charge in [-0.2, -0.15) is 0 Å². The Morgan fingerprint density at radius 2 is 1.76 bits per heavy atom. The lowest BCUT2D eigenvalue weighted by Gasteiger charge is -2.12. The Balaban J connectivity index is 2.39. The molecule has 2 aromatic carbocycles. The summed E-state index contributed by atoms with van der Waals surface area (Å²) >= 11 is 6.02. The maximum absolute atomic E-state index is 12.4. The molecule has 0 heterocycles. The van der Waals surface area contributed by atoms with Gasteiger partial charge >= 0.3 is 0 Å². The molecular weight excluding hydrogens is 310 g/mol. The van der Waals surface area contributed by atoms with Gasteiger partial charge in [-0.15, -0.1) is 0 Å². The fraction of sp³-hybridized carbons (Fsp3) is 0.200. The molecule has 112 valence electrons. The number of ether oxygens (including phenoxy) is 1. The van der Waals surface area contributed by atoms with Crippen molar-refractivity contribution in [2.24, 2.45) is 0 Å². The highest BCUT2D eigenvalue weighted by molar-refractivity contribution is 7.92. The zero-order chi connectivity index (χ0) is 15.6. The van der Waals surface area contributed by atoms with E-state index in [9.17, 15) is 8.42 Å². The second kappa shape index (κ2) is 5.95. The van der Waals surface area contributed by atoms with E-state index in [4.69, 9.17) is 16.3 Å². The summed E-state index contributed by atoms with van der Waals surface area (Å²) in [6.07, 6.45) is 0. The van der Waals surface area contributed by atoms with Crippen LogP contribution in [-0.2, 0) is 10.0 Å². The monoisotopic (exact) mass is 325 g/mol. The number of halogens is 1. The molecule has 0 aliphatic heterocycles. The molecule has 0 saturated carbocycles. The van der Waals surface area contributed by atoms with Gasteiger partial charge in [0.1, 0.15) is 5.75 Å². The first-order chi connectivity index (χ1) is 9.83. The fourth-order valence-electron chi connectivity index (χ4n) is 1.79. The molecule has 0 fully saturated rings. The standard InChI is InChI=1S/C15H16ClNO3S/c1-10-4-6-13(8-11(10)2)21(18,19)17-15-9-12(20-3)5-7-14(15)16/h4-9,17H,1-3H3.